The first kappa shape index (κ1) is 21.5. The SMILES string of the molecule is CSc1ccc([C@H]2c3c(-c4ccccc4O)n[nH]c3C(=O)N2CCCOC(C)C)cc1. The van der Waals surface area contributed by atoms with Crippen molar-refractivity contribution in [1.29, 1.82) is 0 Å². The Bertz CT molecular complexity index is 1060. The molecule has 1 aliphatic heterocycles. The molecule has 0 radical (unpaired) electrons. The highest BCUT2D eigenvalue weighted by molar-refractivity contribution is 7.98. The lowest BCUT2D eigenvalue weighted by Gasteiger charge is -2.26. The van der Waals surface area contributed by atoms with Crippen LogP contribution < -0.4 is 0 Å². The van der Waals surface area contributed by atoms with Crippen molar-refractivity contribution >= 4 is 17.7 Å². The van der Waals surface area contributed by atoms with Gasteiger partial charge in [-0.15, -0.1) is 11.8 Å². The molecule has 6 nitrogen and oxygen atoms in total. The van der Waals surface area contributed by atoms with Gasteiger partial charge in [0, 0.05) is 29.2 Å². The van der Waals surface area contributed by atoms with Crippen LogP contribution in [0.4, 0.5) is 0 Å². The fraction of sp³-hybridized carbons (Fsp3) is 0.333. The molecule has 0 saturated carbocycles. The van der Waals surface area contributed by atoms with Crippen LogP contribution in [0.5, 0.6) is 5.75 Å². The van der Waals surface area contributed by atoms with Crippen LogP contribution in [-0.2, 0) is 4.74 Å². The van der Waals surface area contributed by atoms with Gasteiger partial charge >= 0.3 is 0 Å². The van der Waals surface area contributed by atoms with Crippen molar-refractivity contribution in [1.82, 2.24) is 15.1 Å². The number of phenolic OH excluding ortho intramolecular Hbond substituents is 1. The second-order valence-electron chi connectivity index (χ2n) is 7.83. The van der Waals surface area contributed by atoms with Gasteiger partial charge in [-0.2, -0.15) is 5.10 Å². The minimum absolute atomic E-state index is 0.0762. The molecule has 162 valence electrons. The standard InChI is InChI=1S/C24H27N3O3S/c1-15(2)30-14-6-13-27-23(16-9-11-17(31-3)12-10-16)20-21(25-26-22(20)24(27)29)18-7-4-5-8-19(18)28/h4-5,7-12,15,23,28H,6,13-14H2,1-3H3,(H,25,26)/t23-/m0/s1. The number of fused-ring (bicyclic) bond motifs is 1. The predicted molar refractivity (Wildman–Crippen MR) is 122 cm³/mol. The molecule has 0 fully saturated rings. The second-order valence-corrected chi connectivity index (χ2v) is 8.71. The molecule has 0 bridgehead atoms. The topological polar surface area (TPSA) is 78.5 Å². The average molecular weight is 438 g/mol. The van der Waals surface area contributed by atoms with E-state index in [0.29, 0.717) is 30.1 Å². The van der Waals surface area contributed by atoms with Gasteiger partial charge in [0.2, 0.25) is 0 Å². The number of para-hydroxylation sites is 1. The monoisotopic (exact) mass is 437 g/mol. The number of carbonyl (C=O) groups excluding carboxylic acids is 1. The minimum atomic E-state index is -0.272. The number of ether oxygens (including phenoxy) is 1. The lowest BCUT2D eigenvalue weighted by atomic mass is 9.95. The number of carbonyl (C=O) groups is 1. The van der Waals surface area contributed by atoms with Crippen molar-refractivity contribution in [3.05, 3.63) is 65.4 Å². The van der Waals surface area contributed by atoms with E-state index in [4.69, 9.17) is 4.74 Å². The molecule has 0 spiro atoms. The summed E-state index contributed by atoms with van der Waals surface area (Å²) in [5.41, 5.74) is 3.55. The fourth-order valence-electron chi connectivity index (χ4n) is 3.99. The Hall–Kier alpha value is -2.77. The van der Waals surface area contributed by atoms with E-state index in [1.807, 2.05) is 37.1 Å². The molecule has 2 N–H and O–H groups in total. The third-order valence-electron chi connectivity index (χ3n) is 5.45. The zero-order valence-electron chi connectivity index (χ0n) is 18.0. The average Bonchev–Trinajstić information content (AvgIpc) is 3.31. The third-order valence-corrected chi connectivity index (χ3v) is 6.19. The molecule has 31 heavy (non-hydrogen) atoms. The molecular formula is C24H27N3O3S. The third kappa shape index (κ3) is 4.20. The normalized spacial score (nSPS) is 15.7. The van der Waals surface area contributed by atoms with Crippen molar-refractivity contribution in [2.45, 2.75) is 37.3 Å². The van der Waals surface area contributed by atoms with Crippen LogP contribution in [0, 0.1) is 0 Å². The van der Waals surface area contributed by atoms with Crippen molar-refractivity contribution in [3.8, 4) is 17.0 Å². The maximum atomic E-state index is 13.3. The smallest absolute Gasteiger partial charge is 0.273 e. The summed E-state index contributed by atoms with van der Waals surface area (Å²) in [5.74, 6) is 0.0668. The van der Waals surface area contributed by atoms with E-state index in [9.17, 15) is 9.90 Å². The largest absolute Gasteiger partial charge is 0.507 e. The number of nitrogens with one attached hydrogen (secondary N) is 1. The maximum Gasteiger partial charge on any atom is 0.273 e. The van der Waals surface area contributed by atoms with E-state index >= 15 is 0 Å². The maximum absolute atomic E-state index is 13.3. The molecule has 3 aromatic rings. The first-order valence-corrected chi connectivity index (χ1v) is 11.7. The molecule has 0 unspecified atom stereocenters. The summed E-state index contributed by atoms with van der Waals surface area (Å²) in [6.07, 6.45) is 2.95. The summed E-state index contributed by atoms with van der Waals surface area (Å²) in [4.78, 5) is 16.4. The number of H-pyrrole nitrogens is 1. The molecular weight excluding hydrogens is 410 g/mol. The summed E-state index contributed by atoms with van der Waals surface area (Å²) in [6, 6.07) is 15.1. The van der Waals surface area contributed by atoms with Crippen molar-refractivity contribution in [2.24, 2.45) is 0 Å². The molecule has 7 heteroatoms. The van der Waals surface area contributed by atoms with Gasteiger partial charge in [0.15, 0.2) is 0 Å². The molecule has 1 aliphatic rings. The quantitative estimate of drug-likeness (QED) is 0.388. The number of rotatable bonds is 8. The summed E-state index contributed by atoms with van der Waals surface area (Å²) in [7, 11) is 0. The molecule has 1 atom stereocenters. The van der Waals surface area contributed by atoms with Crippen LogP contribution >= 0.6 is 11.8 Å². The van der Waals surface area contributed by atoms with Gasteiger partial charge in [0.25, 0.3) is 5.91 Å². The van der Waals surface area contributed by atoms with Crippen LogP contribution in [0.2, 0.25) is 0 Å². The predicted octanol–water partition coefficient (Wildman–Crippen LogP) is 4.86. The van der Waals surface area contributed by atoms with E-state index in [1.165, 1.54) is 4.90 Å². The van der Waals surface area contributed by atoms with Crippen LogP contribution in [-0.4, -0.2) is 51.6 Å². The van der Waals surface area contributed by atoms with Crippen molar-refractivity contribution < 1.29 is 14.6 Å². The fourth-order valence-corrected chi connectivity index (χ4v) is 4.40. The number of thioether (sulfide) groups is 1. The molecule has 2 heterocycles. The Kier molecular flexibility index (Phi) is 6.34. The Labute approximate surface area is 186 Å². The minimum Gasteiger partial charge on any atom is -0.507 e. The number of hydrogen-bond donors (Lipinski definition) is 2. The Morgan fingerprint density at radius 3 is 2.61 bits per heavy atom. The number of phenols is 1. The van der Waals surface area contributed by atoms with Gasteiger partial charge < -0.3 is 14.7 Å². The van der Waals surface area contributed by atoms with Gasteiger partial charge in [-0.25, -0.2) is 0 Å². The second kappa shape index (κ2) is 9.16. The first-order valence-electron chi connectivity index (χ1n) is 10.4. The summed E-state index contributed by atoms with van der Waals surface area (Å²) >= 11 is 1.68. The van der Waals surface area contributed by atoms with E-state index in [-0.39, 0.29) is 23.8 Å². The number of aromatic amines is 1. The van der Waals surface area contributed by atoms with Gasteiger partial charge in [0.1, 0.15) is 17.1 Å². The molecule has 1 amide bonds. The number of nitrogens with zero attached hydrogens (tertiary/aromatic N) is 2. The Morgan fingerprint density at radius 1 is 1.19 bits per heavy atom. The van der Waals surface area contributed by atoms with Crippen molar-refractivity contribution in [3.63, 3.8) is 0 Å². The Morgan fingerprint density at radius 2 is 1.94 bits per heavy atom. The lowest BCUT2D eigenvalue weighted by molar-refractivity contribution is 0.0601. The van der Waals surface area contributed by atoms with Gasteiger partial charge in [0.05, 0.1) is 12.1 Å². The molecule has 4 rings (SSSR count). The Balaban J connectivity index is 1.74. The first-order chi connectivity index (χ1) is 15.0. The van der Waals surface area contributed by atoms with Crippen molar-refractivity contribution in [2.75, 3.05) is 19.4 Å². The highest BCUT2D eigenvalue weighted by atomic mass is 32.2. The van der Waals surface area contributed by atoms with E-state index < -0.39 is 0 Å². The van der Waals surface area contributed by atoms with Crippen LogP contribution in [0.15, 0.2) is 53.4 Å². The van der Waals surface area contributed by atoms with Gasteiger partial charge in [-0.1, -0.05) is 24.3 Å². The highest BCUT2D eigenvalue weighted by Gasteiger charge is 2.42. The van der Waals surface area contributed by atoms with Gasteiger partial charge in [-0.05, 0) is 56.4 Å². The van der Waals surface area contributed by atoms with Crippen LogP contribution in [0.1, 0.15) is 47.9 Å². The van der Waals surface area contributed by atoms with Gasteiger partial charge in [-0.3, -0.25) is 9.89 Å². The summed E-state index contributed by atoms with van der Waals surface area (Å²) in [5, 5.41) is 17.8. The molecule has 0 saturated heterocycles. The van der Waals surface area contributed by atoms with E-state index in [0.717, 1.165) is 17.5 Å². The summed E-state index contributed by atoms with van der Waals surface area (Å²) in [6.45, 7) is 5.18. The lowest BCUT2D eigenvalue weighted by Crippen LogP contribution is -2.31. The van der Waals surface area contributed by atoms with Crippen LogP contribution in [0.3, 0.4) is 0 Å². The molecule has 2 aromatic carbocycles. The number of aromatic nitrogens is 2. The molecule has 0 aliphatic carbocycles. The number of hydrogen-bond acceptors (Lipinski definition) is 5. The van der Waals surface area contributed by atoms with E-state index in [2.05, 4.69) is 34.5 Å². The zero-order valence-corrected chi connectivity index (χ0v) is 18.8. The van der Waals surface area contributed by atoms with E-state index in [1.54, 1.807) is 23.9 Å². The highest BCUT2D eigenvalue weighted by Crippen LogP contribution is 2.44. The number of benzene rings is 2. The zero-order chi connectivity index (χ0) is 22.0. The number of amides is 1. The molecule has 1 aromatic heterocycles. The van der Waals surface area contributed by atoms with Crippen LogP contribution in [0.25, 0.3) is 11.3 Å². The summed E-state index contributed by atoms with van der Waals surface area (Å²) < 4.78 is 5.68. The number of aromatic hydroxyl groups is 1.